The number of hydrogen-bond acceptors (Lipinski definition) is 8. The Morgan fingerprint density at radius 2 is 1.71 bits per heavy atom. The van der Waals surface area contributed by atoms with Crippen LogP contribution in [-0.4, -0.2) is 36.6 Å². The van der Waals surface area contributed by atoms with E-state index in [9.17, 15) is 19.2 Å². The Kier molecular flexibility index (Phi) is 11.0. The zero-order chi connectivity index (χ0) is 34.2. The minimum absolute atomic E-state index is 0.0870. The maximum absolute atomic E-state index is 13.4. The number of carbonyl (C=O) groups is 4. The van der Waals surface area contributed by atoms with Gasteiger partial charge in [-0.05, 0) is 95.1 Å². The van der Waals surface area contributed by atoms with E-state index in [0.29, 0.717) is 27.7 Å². The van der Waals surface area contributed by atoms with Crippen LogP contribution in [0.15, 0.2) is 112 Å². The van der Waals surface area contributed by atoms with Crippen molar-refractivity contribution in [1.29, 1.82) is 0 Å². The van der Waals surface area contributed by atoms with Crippen LogP contribution in [0.4, 0.5) is 10.7 Å². The molecule has 2 heterocycles. The van der Waals surface area contributed by atoms with Crippen LogP contribution in [0.1, 0.15) is 54.6 Å². The molecule has 2 aromatic heterocycles. The third-order valence-electron chi connectivity index (χ3n) is 8.02. The van der Waals surface area contributed by atoms with Crippen LogP contribution in [0.25, 0.3) is 6.08 Å². The number of fused-ring (bicyclic) bond motifs is 1. The van der Waals surface area contributed by atoms with E-state index in [0.717, 1.165) is 40.2 Å². The maximum atomic E-state index is 13.4. The maximum Gasteiger partial charge on any atom is 0.341 e. The monoisotopic (exact) mass is 707 g/mol. The number of benzene rings is 3. The Morgan fingerprint density at radius 3 is 2.45 bits per heavy atom. The molecule has 0 bridgehead atoms. The van der Waals surface area contributed by atoms with Gasteiger partial charge in [0.1, 0.15) is 10.7 Å². The molecule has 0 spiro atoms. The summed E-state index contributed by atoms with van der Waals surface area (Å²) in [7, 11) is 1.35. The number of hydrogen-bond donors (Lipinski definition) is 3. The smallest absolute Gasteiger partial charge is 0.341 e. The summed E-state index contributed by atoms with van der Waals surface area (Å²) in [6.45, 7) is 0. The highest BCUT2D eigenvalue weighted by Gasteiger charge is 2.30. The van der Waals surface area contributed by atoms with Gasteiger partial charge in [-0.2, -0.15) is 11.3 Å². The SMILES string of the molecule is COC(=O)c1c(NC(=O)CSc2cccc(NC(=O)/C(=C/c3ccsc3)NC(=O)c3ccccc3)c2)sc2c1CCC(c1ccccc1)C2. The highest BCUT2D eigenvalue weighted by molar-refractivity contribution is 8.00. The fraction of sp³-hybridized carbons (Fsp3) is 0.158. The molecule has 5 aromatic rings. The van der Waals surface area contributed by atoms with Crippen molar-refractivity contribution >= 4 is 74.9 Å². The Labute approximate surface area is 296 Å². The van der Waals surface area contributed by atoms with Crippen molar-refractivity contribution in [3.63, 3.8) is 0 Å². The zero-order valence-corrected chi connectivity index (χ0v) is 29.0. The first kappa shape index (κ1) is 33.9. The summed E-state index contributed by atoms with van der Waals surface area (Å²) in [5, 5.41) is 12.9. The molecule has 11 heteroatoms. The lowest BCUT2D eigenvalue weighted by molar-refractivity contribution is -0.114. The number of esters is 1. The lowest BCUT2D eigenvalue weighted by Crippen LogP contribution is -2.30. The average Bonchev–Trinajstić information content (AvgIpc) is 3.78. The Bertz CT molecular complexity index is 1990. The summed E-state index contributed by atoms with van der Waals surface area (Å²) < 4.78 is 5.11. The number of methoxy groups -OCH3 is 1. The molecule has 3 aromatic carbocycles. The van der Waals surface area contributed by atoms with Crippen LogP contribution in [-0.2, 0) is 27.2 Å². The highest BCUT2D eigenvalue weighted by Crippen LogP contribution is 2.43. The van der Waals surface area contributed by atoms with Crippen LogP contribution < -0.4 is 16.0 Å². The van der Waals surface area contributed by atoms with E-state index in [1.165, 1.54) is 47.1 Å². The van der Waals surface area contributed by atoms with E-state index >= 15 is 0 Å². The van der Waals surface area contributed by atoms with Gasteiger partial charge in [0.15, 0.2) is 0 Å². The van der Waals surface area contributed by atoms with Gasteiger partial charge in [0, 0.05) is 21.0 Å². The van der Waals surface area contributed by atoms with Gasteiger partial charge in [0.2, 0.25) is 5.91 Å². The fourth-order valence-corrected chi connectivity index (χ4v) is 8.35. The van der Waals surface area contributed by atoms with Crippen molar-refractivity contribution in [3.05, 3.63) is 140 Å². The molecular formula is C38H33N3O5S3. The molecule has 248 valence electrons. The Morgan fingerprint density at radius 1 is 0.939 bits per heavy atom. The molecule has 0 radical (unpaired) electrons. The molecule has 0 saturated heterocycles. The van der Waals surface area contributed by atoms with E-state index in [1.54, 1.807) is 48.5 Å². The number of carbonyl (C=O) groups excluding carboxylic acids is 4. The highest BCUT2D eigenvalue weighted by atomic mass is 32.2. The molecule has 1 aliphatic rings. The number of thiophene rings is 2. The molecule has 1 aliphatic carbocycles. The van der Waals surface area contributed by atoms with E-state index in [1.807, 2.05) is 47.2 Å². The third-order valence-corrected chi connectivity index (χ3v) is 10.9. The van der Waals surface area contributed by atoms with Gasteiger partial charge in [-0.3, -0.25) is 14.4 Å². The molecule has 8 nitrogen and oxygen atoms in total. The Balaban J connectivity index is 1.11. The van der Waals surface area contributed by atoms with Gasteiger partial charge in [0.05, 0.1) is 18.4 Å². The molecule has 6 rings (SSSR count). The molecule has 1 atom stereocenters. The van der Waals surface area contributed by atoms with Gasteiger partial charge in [0.25, 0.3) is 11.8 Å². The first-order valence-electron chi connectivity index (χ1n) is 15.6. The fourth-order valence-electron chi connectivity index (χ4n) is 5.64. The van der Waals surface area contributed by atoms with Crippen LogP contribution >= 0.6 is 34.4 Å². The predicted octanol–water partition coefficient (Wildman–Crippen LogP) is 8.01. The second-order valence-electron chi connectivity index (χ2n) is 11.3. The zero-order valence-electron chi connectivity index (χ0n) is 26.6. The second kappa shape index (κ2) is 16.0. The summed E-state index contributed by atoms with van der Waals surface area (Å²) in [4.78, 5) is 54.1. The number of anilines is 2. The third kappa shape index (κ3) is 8.55. The predicted molar refractivity (Wildman–Crippen MR) is 197 cm³/mol. The minimum atomic E-state index is -0.484. The van der Waals surface area contributed by atoms with Crippen molar-refractivity contribution in [1.82, 2.24) is 5.32 Å². The lowest BCUT2D eigenvalue weighted by Gasteiger charge is -2.22. The molecule has 0 fully saturated rings. The van der Waals surface area contributed by atoms with Crippen LogP contribution in [0.5, 0.6) is 0 Å². The quantitative estimate of drug-likeness (QED) is 0.0729. The summed E-state index contributed by atoms with van der Waals surface area (Å²) in [5.41, 5.74) is 4.50. The molecular weight excluding hydrogens is 675 g/mol. The molecule has 3 N–H and O–H groups in total. The van der Waals surface area contributed by atoms with Crippen molar-refractivity contribution < 1.29 is 23.9 Å². The first-order chi connectivity index (χ1) is 23.9. The standard InChI is InChI=1S/C38H33N3O5S3/c1-46-38(45)34-30-16-15-27(25-9-4-2-5-10-25)20-32(30)49-37(34)41-33(42)23-48-29-14-8-13-28(21-29)39-36(44)31(19-24-17-18-47-22-24)40-35(43)26-11-6-3-7-12-26/h2-14,17-19,21-22,27H,15-16,20,23H2,1H3,(H,39,44)(H,40,43)(H,41,42)/b31-19-. The molecule has 0 aliphatic heterocycles. The van der Waals surface area contributed by atoms with Gasteiger partial charge < -0.3 is 20.7 Å². The molecule has 0 saturated carbocycles. The normalized spacial score (nSPS) is 14.0. The van der Waals surface area contributed by atoms with Crippen LogP contribution in [0.2, 0.25) is 0 Å². The average molecular weight is 708 g/mol. The second-order valence-corrected chi connectivity index (χ2v) is 14.2. The van der Waals surface area contributed by atoms with Crippen LogP contribution in [0.3, 0.4) is 0 Å². The molecule has 49 heavy (non-hydrogen) atoms. The summed E-state index contributed by atoms with van der Waals surface area (Å²) in [5.74, 6) is -1.15. The first-order valence-corrected chi connectivity index (χ1v) is 18.3. The minimum Gasteiger partial charge on any atom is -0.465 e. The van der Waals surface area contributed by atoms with Gasteiger partial charge in [-0.1, -0.05) is 54.6 Å². The van der Waals surface area contributed by atoms with E-state index in [-0.39, 0.29) is 17.4 Å². The largest absolute Gasteiger partial charge is 0.465 e. The van der Waals surface area contributed by atoms with Crippen molar-refractivity contribution in [2.45, 2.75) is 30.1 Å². The topological polar surface area (TPSA) is 114 Å². The van der Waals surface area contributed by atoms with E-state index in [2.05, 4.69) is 28.1 Å². The summed E-state index contributed by atoms with van der Waals surface area (Å²) >= 11 is 4.23. The summed E-state index contributed by atoms with van der Waals surface area (Å²) in [6, 6.07) is 28.0. The van der Waals surface area contributed by atoms with Gasteiger partial charge in [-0.25, -0.2) is 4.79 Å². The van der Waals surface area contributed by atoms with Crippen molar-refractivity contribution in [2.24, 2.45) is 0 Å². The number of ether oxygens (including phenoxy) is 1. The van der Waals surface area contributed by atoms with Crippen LogP contribution in [0, 0.1) is 0 Å². The number of thioether (sulfide) groups is 1. The summed E-state index contributed by atoms with van der Waals surface area (Å²) in [6.07, 6.45) is 4.08. The van der Waals surface area contributed by atoms with Crippen molar-refractivity contribution in [3.8, 4) is 0 Å². The van der Waals surface area contributed by atoms with Gasteiger partial charge in [-0.15, -0.1) is 23.1 Å². The molecule has 3 amide bonds. The number of amides is 3. The van der Waals surface area contributed by atoms with E-state index in [4.69, 9.17) is 4.74 Å². The number of nitrogens with one attached hydrogen (secondary N) is 3. The van der Waals surface area contributed by atoms with Gasteiger partial charge >= 0.3 is 5.97 Å². The molecule has 1 unspecified atom stereocenters. The number of rotatable bonds is 11. The lowest BCUT2D eigenvalue weighted by atomic mass is 9.83. The van der Waals surface area contributed by atoms with Crippen molar-refractivity contribution in [2.75, 3.05) is 23.5 Å². The Hall–Kier alpha value is -4.97. The van der Waals surface area contributed by atoms with E-state index < -0.39 is 17.8 Å².